The van der Waals surface area contributed by atoms with Crippen LogP contribution >= 0.6 is 0 Å². The first-order valence-corrected chi connectivity index (χ1v) is 7.80. The molecule has 0 aliphatic rings. The summed E-state index contributed by atoms with van der Waals surface area (Å²) in [6.45, 7) is 7.88. The van der Waals surface area contributed by atoms with Crippen molar-refractivity contribution in [2.45, 2.75) is 34.1 Å². The smallest absolute Gasteiger partial charge is 0.213 e. The van der Waals surface area contributed by atoms with Crippen LogP contribution in [-0.2, 0) is 6.42 Å². The number of nitrogens with zero attached hydrogens (tertiary/aromatic N) is 3. The molecule has 4 nitrogen and oxygen atoms in total. The van der Waals surface area contributed by atoms with Crippen molar-refractivity contribution in [3.8, 4) is 0 Å². The molecule has 0 radical (unpaired) electrons. The Morgan fingerprint density at radius 2 is 1.87 bits per heavy atom. The molecular weight excluding hydrogens is 291 g/mol. The van der Waals surface area contributed by atoms with Crippen molar-refractivity contribution >= 4 is 22.4 Å². The van der Waals surface area contributed by atoms with Crippen LogP contribution in [0.2, 0.25) is 0 Å². The SMILES string of the molecule is CC.CCc1cc(F)nc2cc(Nc3cncc(C)n3)ccc12. The molecule has 0 spiro atoms. The summed E-state index contributed by atoms with van der Waals surface area (Å²) in [6, 6.07) is 7.19. The highest BCUT2D eigenvalue weighted by molar-refractivity contribution is 5.85. The Balaban J connectivity index is 0.000000924. The number of benzene rings is 1. The van der Waals surface area contributed by atoms with Crippen molar-refractivity contribution in [3.63, 3.8) is 0 Å². The van der Waals surface area contributed by atoms with E-state index in [1.165, 1.54) is 6.07 Å². The van der Waals surface area contributed by atoms with Gasteiger partial charge in [-0.1, -0.05) is 26.8 Å². The first kappa shape index (κ1) is 16.8. The lowest BCUT2D eigenvalue weighted by Gasteiger charge is -2.09. The lowest BCUT2D eigenvalue weighted by Crippen LogP contribution is -1.97. The Morgan fingerprint density at radius 3 is 2.57 bits per heavy atom. The standard InChI is InChI=1S/C16H15FN4.C2H6/c1-3-11-6-15(17)21-14-7-12(4-5-13(11)14)20-16-9-18-8-10(2)19-16;1-2/h4-9H,3H2,1-2H3,(H,19,20);1-2H3. The van der Waals surface area contributed by atoms with E-state index in [0.29, 0.717) is 11.3 Å². The van der Waals surface area contributed by atoms with Gasteiger partial charge in [-0.15, -0.1) is 0 Å². The van der Waals surface area contributed by atoms with Crippen LogP contribution in [-0.4, -0.2) is 15.0 Å². The van der Waals surface area contributed by atoms with Gasteiger partial charge in [-0.3, -0.25) is 4.98 Å². The summed E-state index contributed by atoms with van der Waals surface area (Å²) >= 11 is 0. The van der Waals surface area contributed by atoms with Gasteiger partial charge in [0.25, 0.3) is 0 Å². The van der Waals surface area contributed by atoms with E-state index in [9.17, 15) is 4.39 Å². The van der Waals surface area contributed by atoms with Crippen LogP contribution in [0.1, 0.15) is 32.0 Å². The number of fused-ring (bicyclic) bond motifs is 1. The van der Waals surface area contributed by atoms with E-state index in [2.05, 4.69) is 20.3 Å². The summed E-state index contributed by atoms with van der Waals surface area (Å²) in [5.41, 5.74) is 3.23. The third-order valence-electron chi connectivity index (χ3n) is 3.27. The maximum atomic E-state index is 13.5. The number of nitrogens with one attached hydrogen (secondary N) is 1. The van der Waals surface area contributed by atoms with E-state index in [1.54, 1.807) is 12.4 Å². The van der Waals surface area contributed by atoms with Gasteiger partial charge in [0.2, 0.25) is 5.95 Å². The minimum absolute atomic E-state index is 0.452. The molecule has 120 valence electrons. The molecule has 2 heterocycles. The van der Waals surface area contributed by atoms with Gasteiger partial charge in [0.1, 0.15) is 5.82 Å². The third-order valence-corrected chi connectivity index (χ3v) is 3.27. The molecule has 0 atom stereocenters. The number of anilines is 2. The van der Waals surface area contributed by atoms with Gasteiger partial charge in [-0.2, -0.15) is 4.39 Å². The Labute approximate surface area is 135 Å². The number of hydrogen-bond acceptors (Lipinski definition) is 4. The van der Waals surface area contributed by atoms with Gasteiger partial charge in [-0.05, 0) is 37.1 Å². The van der Waals surface area contributed by atoms with E-state index in [4.69, 9.17) is 0 Å². The quantitative estimate of drug-likeness (QED) is 0.705. The molecule has 0 unspecified atom stereocenters. The fourth-order valence-corrected chi connectivity index (χ4v) is 2.31. The maximum absolute atomic E-state index is 13.5. The highest BCUT2D eigenvalue weighted by Gasteiger charge is 2.06. The Kier molecular flexibility index (Phi) is 5.57. The fraction of sp³-hybridized carbons (Fsp3) is 0.278. The lowest BCUT2D eigenvalue weighted by atomic mass is 10.1. The van der Waals surface area contributed by atoms with Crippen LogP contribution in [0, 0.1) is 12.9 Å². The first-order valence-electron chi connectivity index (χ1n) is 7.80. The molecular formula is C18H21FN4. The number of aryl methyl sites for hydroxylation is 2. The number of hydrogen-bond donors (Lipinski definition) is 1. The van der Waals surface area contributed by atoms with Gasteiger partial charge in [-0.25, -0.2) is 9.97 Å². The van der Waals surface area contributed by atoms with Gasteiger partial charge in [0.05, 0.1) is 17.4 Å². The Morgan fingerprint density at radius 1 is 1.09 bits per heavy atom. The average molecular weight is 312 g/mol. The van der Waals surface area contributed by atoms with Crippen LogP contribution in [0.3, 0.4) is 0 Å². The predicted molar refractivity (Wildman–Crippen MR) is 92.5 cm³/mol. The molecule has 0 aliphatic heterocycles. The average Bonchev–Trinajstić information content (AvgIpc) is 2.55. The highest BCUT2D eigenvalue weighted by atomic mass is 19.1. The van der Waals surface area contributed by atoms with Gasteiger partial charge >= 0.3 is 0 Å². The molecule has 23 heavy (non-hydrogen) atoms. The largest absolute Gasteiger partial charge is 0.339 e. The summed E-state index contributed by atoms with van der Waals surface area (Å²) in [7, 11) is 0. The van der Waals surface area contributed by atoms with E-state index in [1.807, 2.05) is 45.9 Å². The Hall–Kier alpha value is -2.56. The second kappa shape index (κ2) is 7.63. The monoisotopic (exact) mass is 312 g/mol. The number of aromatic nitrogens is 3. The predicted octanol–water partition coefficient (Wildman–Crippen LogP) is 4.80. The molecule has 0 saturated carbocycles. The van der Waals surface area contributed by atoms with Crippen molar-refractivity contribution in [2.75, 3.05) is 5.32 Å². The number of halogens is 1. The normalized spacial score (nSPS) is 10.1. The second-order valence-electron chi connectivity index (χ2n) is 4.86. The molecule has 0 aliphatic carbocycles. The molecule has 0 bridgehead atoms. The van der Waals surface area contributed by atoms with Crippen LogP contribution < -0.4 is 5.32 Å². The highest BCUT2D eigenvalue weighted by Crippen LogP contribution is 2.23. The van der Waals surface area contributed by atoms with E-state index >= 15 is 0 Å². The number of pyridine rings is 1. The molecule has 2 aromatic heterocycles. The molecule has 5 heteroatoms. The molecule has 3 rings (SSSR count). The van der Waals surface area contributed by atoms with E-state index < -0.39 is 5.95 Å². The van der Waals surface area contributed by atoms with Crippen LogP contribution in [0.5, 0.6) is 0 Å². The molecule has 0 amide bonds. The number of rotatable bonds is 3. The summed E-state index contributed by atoms with van der Waals surface area (Å²) < 4.78 is 13.5. The second-order valence-corrected chi connectivity index (χ2v) is 4.86. The summed E-state index contributed by atoms with van der Waals surface area (Å²) in [5, 5.41) is 4.13. The van der Waals surface area contributed by atoms with Crippen LogP contribution in [0.4, 0.5) is 15.9 Å². The third kappa shape index (κ3) is 4.00. The van der Waals surface area contributed by atoms with E-state index in [-0.39, 0.29) is 0 Å². The minimum atomic E-state index is -0.452. The van der Waals surface area contributed by atoms with Gasteiger partial charge < -0.3 is 5.32 Å². The molecule has 1 aromatic carbocycles. The zero-order chi connectivity index (χ0) is 16.8. The van der Waals surface area contributed by atoms with Gasteiger partial charge in [0.15, 0.2) is 0 Å². The fourth-order valence-electron chi connectivity index (χ4n) is 2.31. The lowest BCUT2D eigenvalue weighted by molar-refractivity contribution is 0.587. The molecule has 3 aromatic rings. The molecule has 0 saturated heterocycles. The zero-order valence-electron chi connectivity index (χ0n) is 13.9. The van der Waals surface area contributed by atoms with Crippen molar-refractivity contribution in [1.29, 1.82) is 0 Å². The first-order chi connectivity index (χ1) is 11.2. The summed E-state index contributed by atoms with van der Waals surface area (Å²) in [6.07, 6.45) is 4.11. The molecule has 0 fully saturated rings. The van der Waals surface area contributed by atoms with Crippen molar-refractivity contribution < 1.29 is 4.39 Å². The minimum Gasteiger partial charge on any atom is -0.339 e. The maximum Gasteiger partial charge on any atom is 0.213 e. The van der Waals surface area contributed by atoms with Gasteiger partial charge in [0, 0.05) is 17.3 Å². The Bertz CT molecular complexity index is 802. The van der Waals surface area contributed by atoms with Crippen LogP contribution in [0.15, 0.2) is 36.7 Å². The summed E-state index contributed by atoms with van der Waals surface area (Å²) in [5.74, 6) is 0.202. The topological polar surface area (TPSA) is 50.7 Å². The van der Waals surface area contributed by atoms with Crippen molar-refractivity contribution in [3.05, 3.63) is 53.9 Å². The van der Waals surface area contributed by atoms with Crippen molar-refractivity contribution in [2.24, 2.45) is 0 Å². The molecule has 1 N–H and O–H groups in total. The van der Waals surface area contributed by atoms with Crippen molar-refractivity contribution in [1.82, 2.24) is 15.0 Å². The van der Waals surface area contributed by atoms with E-state index in [0.717, 1.165) is 28.8 Å². The zero-order valence-corrected chi connectivity index (χ0v) is 13.9. The van der Waals surface area contributed by atoms with Crippen LogP contribution in [0.25, 0.3) is 10.9 Å². The summed E-state index contributed by atoms with van der Waals surface area (Å²) in [4.78, 5) is 12.4.